The molecule has 7 heteroatoms. The van der Waals surface area contributed by atoms with Crippen molar-refractivity contribution in [3.63, 3.8) is 0 Å². The third kappa shape index (κ3) is 3.23. The van der Waals surface area contributed by atoms with Gasteiger partial charge in [0.05, 0.1) is 18.1 Å². The summed E-state index contributed by atoms with van der Waals surface area (Å²) in [6.45, 7) is 2.56. The number of pyridine rings is 1. The number of carbonyl (C=O) groups excluding carboxylic acids is 2. The van der Waals surface area contributed by atoms with Gasteiger partial charge in [0.1, 0.15) is 6.04 Å². The molecule has 1 saturated heterocycles. The highest BCUT2D eigenvalue weighted by Gasteiger charge is 2.31. The second-order valence-electron chi connectivity index (χ2n) is 5.47. The zero-order valence-corrected chi connectivity index (χ0v) is 13.0. The lowest BCUT2D eigenvalue weighted by Gasteiger charge is -2.25. The Labute approximate surface area is 134 Å². The van der Waals surface area contributed by atoms with Crippen molar-refractivity contribution in [3.05, 3.63) is 36.8 Å². The highest BCUT2D eigenvalue weighted by molar-refractivity contribution is 5.97. The normalized spacial score (nSPS) is 15.7. The first-order chi connectivity index (χ1) is 11.2. The van der Waals surface area contributed by atoms with Crippen LogP contribution in [0.3, 0.4) is 0 Å². The molecule has 3 rings (SSSR count). The summed E-state index contributed by atoms with van der Waals surface area (Å²) in [4.78, 5) is 30.2. The van der Waals surface area contributed by atoms with Crippen LogP contribution in [0.4, 0.5) is 5.69 Å². The van der Waals surface area contributed by atoms with Crippen molar-refractivity contribution < 1.29 is 9.59 Å². The lowest BCUT2D eigenvalue weighted by atomic mass is 10.2. The van der Waals surface area contributed by atoms with Gasteiger partial charge in [-0.25, -0.2) is 9.67 Å². The van der Waals surface area contributed by atoms with Gasteiger partial charge in [-0.05, 0) is 25.0 Å². The molecule has 0 saturated carbocycles. The quantitative estimate of drug-likeness (QED) is 0.909. The minimum Gasteiger partial charge on any atom is -0.331 e. The summed E-state index contributed by atoms with van der Waals surface area (Å²) in [7, 11) is 0. The minimum atomic E-state index is -0.428. The van der Waals surface area contributed by atoms with Crippen LogP contribution in [0.15, 0.2) is 36.8 Å². The molecule has 1 unspecified atom stereocenters. The molecule has 7 nitrogen and oxygen atoms in total. The van der Waals surface area contributed by atoms with Crippen LogP contribution in [-0.2, 0) is 9.59 Å². The molecule has 1 aliphatic heterocycles. The molecule has 2 aromatic rings. The van der Waals surface area contributed by atoms with E-state index in [1.807, 2.05) is 25.1 Å². The summed E-state index contributed by atoms with van der Waals surface area (Å²) in [5.74, 6) is 0.550. The fourth-order valence-electron chi connectivity index (χ4n) is 2.77. The van der Waals surface area contributed by atoms with E-state index < -0.39 is 6.04 Å². The van der Waals surface area contributed by atoms with Crippen LogP contribution in [0, 0.1) is 0 Å². The van der Waals surface area contributed by atoms with E-state index >= 15 is 0 Å². The maximum Gasteiger partial charge on any atom is 0.247 e. The SMILES string of the molecule is CCC(C(=O)Nc1cnn(-c2ccccn2)c1)N1CCCC1=O. The number of anilines is 1. The number of hydrogen-bond donors (Lipinski definition) is 1. The number of amides is 2. The summed E-state index contributed by atoms with van der Waals surface area (Å²) < 4.78 is 1.59. The Kier molecular flexibility index (Phi) is 4.36. The van der Waals surface area contributed by atoms with E-state index in [1.165, 1.54) is 0 Å². The van der Waals surface area contributed by atoms with Crippen molar-refractivity contribution in [2.24, 2.45) is 0 Å². The smallest absolute Gasteiger partial charge is 0.247 e. The fourth-order valence-corrected chi connectivity index (χ4v) is 2.77. The van der Waals surface area contributed by atoms with Crippen molar-refractivity contribution in [2.75, 3.05) is 11.9 Å². The zero-order chi connectivity index (χ0) is 16.2. The highest BCUT2D eigenvalue weighted by Crippen LogP contribution is 2.18. The average Bonchev–Trinajstić information content (AvgIpc) is 3.19. The number of hydrogen-bond acceptors (Lipinski definition) is 4. The molecule has 1 fully saturated rings. The molecular weight excluding hydrogens is 294 g/mol. The number of nitrogens with zero attached hydrogens (tertiary/aromatic N) is 4. The molecule has 0 aromatic carbocycles. The van der Waals surface area contributed by atoms with E-state index in [0.29, 0.717) is 30.9 Å². The Morgan fingerprint density at radius 3 is 2.96 bits per heavy atom. The molecule has 0 bridgehead atoms. The van der Waals surface area contributed by atoms with E-state index in [4.69, 9.17) is 0 Å². The third-order valence-electron chi connectivity index (χ3n) is 3.91. The molecule has 0 radical (unpaired) electrons. The molecule has 2 aromatic heterocycles. The first-order valence-electron chi connectivity index (χ1n) is 7.75. The lowest BCUT2D eigenvalue weighted by molar-refractivity contribution is -0.135. The number of likely N-dealkylation sites (tertiary alicyclic amines) is 1. The lowest BCUT2D eigenvalue weighted by Crippen LogP contribution is -2.44. The fraction of sp³-hybridized carbons (Fsp3) is 0.375. The van der Waals surface area contributed by atoms with Crippen molar-refractivity contribution >= 4 is 17.5 Å². The van der Waals surface area contributed by atoms with Gasteiger partial charge in [0, 0.05) is 19.2 Å². The monoisotopic (exact) mass is 313 g/mol. The van der Waals surface area contributed by atoms with Gasteiger partial charge in [0.25, 0.3) is 0 Å². The van der Waals surface area contributed by atoms with E-state index in [-0.39, 0.29) is 11.8 Å². The van der Waals surface area contributed by atoms with Crippen molar-refractivity contribution in [3.8, 4) is 5.82 Å². The summed E-state index contributed by atoms with van der Waals surface area (Å²) in [6, 6.07) is 5.10. The highest BCUT2D eigenvalue weighted by atomic mass is 16.2. The van der Waals surface area contributed by atoms with Crippen LogP contribution in [0.1, 0.15) is 26.2 Å². The van der Waals surface area contributed by atoms with Gasteiger partial charge < -0.3 is 10.2 Å². The summed E-state index contributed by atoms with van der Waals surface area (Å²) in [5.41, 5.74) is 0.589. The van der Waals surface area contributed by atoms with Gasteiger partial charge in [0.15, 0.2) is 5.82 Å². The first-order valence-corrected chi connectivity index (χ1v) is 7.75. The predicted octanol–water partition coefficient (Wildman–Crippen LogP) is 1.61. The van der Waals surface area contributed by atoms with Crippen LogP contribution in [0.25, 0.3) is 5.82 Å². The molecule has 0 spiro atoms. The van der Waals surface area contributed by atoms with Gasteiger partial charge >= 0.3 is 0 Å². The summed E-state index contributed by atoms with van der Waals surface area (Å²) >= 11 is 0. The Hall–Kier alpha value is -2.70. The Morgan fingerprint density at radius 2 is 2.30 bits per heavy atom. The van der Waals surface area contributed by atoms with Gasteiger partial charge in [-0.2, -0.15) is 5.10 Å². The van der Waals surface area contributed by atoms with E-state index in [1.54, 1.807) is 28.2 Å². The van der Waals surface area contributed by atoms with E-state index in [9.17, 15) is 9.59 Å². The Balaban J connectivity index is 1.70. The molecule has 1 aliphatic rings. The molecular formula is C16H19N5O2. The third-order valence-corrected chi connectivity index (χ3v) is 3.91. The Bertz CT molecular complexity index is 698. The van der Waals surface area contributed by atoms with Crippen LogP contribution in [0.2, 0.25) is 0 Å². The van der Waals surface area contributed by atoms with E-state index in [2.05, 4.69) is 15.4 Å². The van der Waals surface area contributed by atoms with Crippen LogP contribution < -0.4 is 5.32 Å². The van der Waals surface area contributed by atoms with Crippen molar-refractivity contribution in [1.82, 2.24) is 19.7 Å². The molecule has 1 atom stereocenters. The number of aromatic nitrogens is 3. The molecule has 3 heterocycles. The first kappa shape index (κ1) is 15.2. The van der Waals surface area contributed by atoms with Crippen LogP contribution in [-0.4, -0.2) is 44.1 Å². The number of carbonyl (C=O) groups is 2. The molecule has 0 aliphatic carbocycles. The maximum atomic E-state index is 12.5. The van der Waals surface area contributed by atoms with E-state index in [0.717, 1.165) is 6.42 Å². The topological polar surface area (TPSA) is 80.1 Å². The maximum absolute atomic E-state index is 12.5. The zero-order valence-electron chi connectivity index (χ0n) is 13.0. The van der Waals surface area contributed by atoms with Gasteiger partial charge in [-0.3, -0.25) is 9.59 Å². The second kappa shape index (κ2) is 6.60. The molecule has 1 N–H and O–H groups in total. The van der Waals surface area contributed by atoms with Gasteiger partial charge in [-0.1, -0.05) is 13.0 Å². The second-order valence-corrected chi connectivity index (χ2v) is 5.47. The summed E-state index contributed by atoms with van der Waals surface area (Å²) in [5, 5.41) is 7.03. The van der Waals surface area contributed by atoms with Crippen LogP contribution in [0.5, 0.6) is 0 Å². The van der Waals surface area contributed by atoms with Gasteiger partial charge in [-0.15, -0.1) is 0 Å². The van der Waals surface area contributed by atoms with Gasteiger partial charge in [0.2, 0.25) is 11.8 Å². The number of nitrogens with one attached hydrogen (secondary N) is 1. The van der Waals surface area contributed by atoms with Crippen molar-refractivity contribution in [2.45, 2.75) is 32.2 Å². The standard InChI is InChI=1S/C16H19N5O2/c1-2-13(20-9-5-7-15(20)22)16(23)19-12-10-18-21(11-12)14-6-3-4-8-17-14/h3-4,6,8,10-11,13H,2,5,7,9H2,1H3,(H,19,23). The van der Waals surface area contributed by atoms with Crippen LogP contribution >= 0.6 is 0 Å². The van der Waals surface area contributed by atoms with Crippen molar-refractivity contribution in [1.29, 1.82) is 0 Å². The summed E-state index contributed by atoms with van der Waals surface area (Å²) in [6.07, 6.45) is 6.90. The largest absolute Gasteiger partial charge is 0.331 e. The molecule has 2 amide bonds. The average molecular weight is 313 g/mol. The minimum absolute atomic E-state index is 0.0520. The molecule has 23 heavy (non-hydrogen) atoms. The Morgan fingerprint density at radius 1 is 1.43 bits per heavy atom. The number of rotatable bonds is 5. The molecule has 120 valence electrons. The predicted molar refractivity (Wildman–Crippen MR) is 85.0 cm³/mol.